The van der Waals surface area contributed by atoms with E-state index in [9.17, 15) is 48.6 Å². The van der Waals surface area contributed by atoms with Gasteiger partial charge >= 0.3 is 5.97 Å². The van der Waals surface area contributed by atoms with Gasteiger partial charge in [-0.2, -0.15) is 0 Å². The molecule has 49 heavy (non-hydrogen) atoms. The van der Waals surface area contributed by atoms with Crippen LogP contribution in [-0.4, -0.2) is 125 Å². The third-order valence-corrected chi connectivity index (χ3v) is 7.60. The molecule has 0 bridgehead atoms. The Balaban J connectivity index is 3.22. The number of rotatable bonds is 24. The molecule has 0 aromatic rings. The second-order valence-corrected chi connectivity index (χ2v) is 11.5. The first-order chi connectivity index (χ1) is 23.2. The predicted molar refractivity (Wildman–Crippen MR) is 174 cm³/mol. The number of nitrogens with one attached hydrogen (secondary N) is 4. The van der Waals surface area contributed by atoms with Crippen molar-refractivity contribution in [2.75, 3.05) is 26.2 Å². The third kappa shape index (κ3) is 15.7. The number of aliphatic hydroxyl groups excluding tert-OH is 1. The molecule has 0 spiro atoms. The Labute approximate surface area is 283 Å². The number of amides is 6. The lowest BCUT2D eigenvalue weighted by atomic mass is 10.1. The summed E-state index contributed by atoms with van der Waals surface area (Å²) < 4.78 is 0. The van der Waals surface area contributed by atoms with Crippen molar-refractivity contribution in [3.8, 4) is 0 Å². The highest BCUT2D eigenvalue weighted by Gasteiger charge is 2.39. The molecule has 1 aliphatic rings. The van der Waals surface area contributed by atoms with Crippen LogP contribution in [0.4, 0.5) is 0 Å². The Kier molecular flexibility index (Phi) is 19.5. The second-order valence-electron chi connectivity index (χ2n) is 11.5. The molecule has 1 saturated heterocycles. The van der Waals surface area contributed by atoms with Gasteiger partial charge in [0, 0.05) is 32.4 Å². The van der Waals surface area contributed by atoms with Crippen LogP contribution in [-0.2, 0) is 38.4 Å². The summed E-state index contributed by atoms with van der Waals surface area (Å²) >= 11 is 0. The molecule has 0 radical (unpaired) electrons. The number of carboxylic acid groups (broad SMARTS) is 1. The SMILES string of the molecule is NCCCCC(NC(=O)C1CCCN1C(=O)C(CCCN=C(N)N)NC(=O)C(CCC(N)=O)NC(=O)C(CO)NC(=O)CCC=O)C(=O)O. The molecule has 0 aliphatic carbocycles. The number of guanidine groups is 1. The first-order valence-electron chi connectivity index (χ1n) is 16.1. The Morgan fingerprint density at radius 1 is 0.837 bits per heavy atom. The highest BCUT2D eigenvalue weighted by molar-refractivity contribution is 5.96. The van der Waals surface area contributed by atoms with E-state index in [0.29, 0.717) is 32.1 Å². The van der Waals surface area contributed by atoms with E-state index in [0.717, 1.165) is 0 Å². The first-order valence-corrected chi connectivity index (χ1v) is 16.1. The first kappa shape index (κ1) is 42.2. The van der Waals surface area contributed by atoms with Crippen LogP contribution in [0.15, 0.2) is 4.99 Å². The van der Waals surface area contributed by atoms with Crippen molar-refractivity contribution in [1.82, 2.24) is 26.2 Å². The van der Waals surface area contributed by atoms with Gasteiger partial charge in [0.2, 0.25) is 35.4 Å². The van der Waals surface area contributed by atoms with Gasteiger partial charge in [0.05, 0.1) is 6.61 Å². The number of hydrogen-bond acceptors (Lipinski definition) is 11. The molecule has 1 heterocycles. The minimum Gasteiger partial charge on any atom is -0.480 e. The lowest BCUT2D eigenvalue weighted by Gasteiger charge is -2.30. The summed E-state index contributed by atoms with van der Waals surface area (Å²) in [6.07, 6.45) is 1.45. The van der Waals surface area contributed by atoms with E-state index in [1.54, 1.807) is 0 Å². The molecule has 5 atom stereocenters. The zero-order valence-corrected chi connectivity index (χ0v) is 27.4. The number of carboxylic acids is 1. The van der Waals surface area contributed by atoms with E-state index < -0.39 is 78.2 Å². The number of aldehydes is 1. The summed E-state index contributed by atoms with van der Waals surface area (Å²) in [7, 11) is 0. The summed E-state index contributed by atoms with van der Waals surface area (Å²) in [5.41, 5.74) is 21.5. The van der Waals surface area contributed by atoms with Crippen LogP contribution in [0.3, 0.4) is 0 Å². The zero-order valence-electron chi connectivity index (χ0n) is 27.4. The fraction of sp³-hybridized carbons (Fsp3) is 0.690. The molecular formula is C29H50N10O10. The Hall–Kier alpha value is -4.85. The Morgan fingerprint density at radius 3 is 2.08 bits per heavy atom. The molecule has 1 rings (SSSR count). The Morgan fingerprint density at radius 2 is 1.49 bits per heavy atom. The number of hydrogen-bond donors (Lipinski definition) is 10. The molecule has 20 nitrogen and oxygen atoms in total. The van der Waals surface area contributed by atoms with Crippen LogP contribution in [0.25, 0.3) is 0 Å². The average molecular weight is 699 g/mol. The number of primary amides is 1. The molecule has 20 heteroatoms. The van der Waals surface area contributed by atoms with Crippen molar-refractivity contribution in [3.05, 3.63) is 0 Å². The van der Waals surface area contributed by atoms with Gasteiger partial charge in [0.25, 0.3) is 0 Å². The van der Waals surface area contributed by atoms with Crippen molar-refractivity contribution in [2.24, 2.45) is 27.9 Å². The molecule has 0 aromatic heterocycles. The highest BCUT2D eigenvalue weighted by atomic mass is 16.4. The van der Waals surface area contributed by atoms with Gasteiger partial charge in [-0.15, -0.1) is 0 Å². The Bertz CT molecular complexity index is 1200. The van der Waals surface area contributed by atoms with Crippen molar-refractivity contribution in [3.63, 3.8) is 0 Å². The van der Waals surface area contributed by atoms with Gasteiger partial charge in [-0.25, -0.2) is 4.79 Å². The number of carbonyl (C=O) groups excluding carboxylic acids is 7. The van der Waals surface area contributed by atoms with Crippen molar-refractivity contribution in [1.29, 1.82) is 0 Å². The van der Waals surface area contributed by atoms with Gasteiger partial charge in [0.1, 0.15) is 36.5 Å². The maximum Gasteiger partial charge on any atom is 0.326 e. The number of carbonyl (C=O) groups is 8. The fourth-order valence-corrected chi connectivity index (χ4v) is 5.03. The van der Waals surface area contributed by atoms with Crippen molar-refractivity contribution in [2.45, 2.75) is 101 Å². The summed E-state index contributed by atoms with van der Waals surface area (Å²) in [5.74, 6) is -6.18. The zero-order chi connectivity index (χ0) is 36.9. The summed E-state index contributed by atoms with van der Waals surface area (Å²) in [6, 6.07) is -6.47. The minimum atomic E-state index is -1.51. The smallest absolute Gasteiger partial charge is 0.326 e. The second kappa shape index (κ2) is 22.7. The molecule has 1 aliphatic heterocycles. The number of nitrogens with two attached hydrogens (primary N) is 4. The largest absolute Gasteiger partial charge is 0.480 e. The molecule has 6 amide bonds. The molecule has 14 N–H and O–H groups in total. The number of aliphatic hydroxyl groups is 1. The fourth-order valence-electron chi connectivity index (χ4n) is 5.03. The molecule has 276 valence electrons. The highest BCUT2D eigenvalue weighted by Crippen LogP contribution is 2.20. The summed E-state index contributed by atoms with van der Waals surface area (Å²) in [4.78, 5) is 105. The van der Waals surface area contributed by atoms with Gasteiger partial charge in [-0.05, 0) is 57.9 Å². The molecule has 0 saturated carbocycles. The summed E-state index contributed by atoms with van der Waals surface area (Å²) in [5, 5.41) is 28.9. The standard InChI is InChI=1S/C29H50N10O10/c30-12-2-1-6-19(28(48)49)38-26(46)21-8-4-14-39(21)27(47)18(7-3-13-34-29(32)33)37-24(44)17(10-11-22(31)42)36-25(45)20(16-41)35-23(43)9-5-15-40/h15,17-21,41H,1-14,16,30H2,(H2,31,42)(H,35,43)(H,36,45)(H,37,44)(H,38,46)(H,48,49)(H4,32,33,34). The van der Waals surface area contributed by atoms with Crippen LogP contribution in [0.5, 0.6) is 0 Å². The van der Waals surface area contributed by atoms with Crippen LogP contribution >= 0.6 is 0 Å². The van der Waals surface area contributed by atoms with E-state index in [1.165, 1.54) is 4.90 Å². The normalized spacial score (nSPS) is 16.3. The number of unbranched alkanes of at least 4 members (excludes halogenated alkanes) is 1. The number of aliphatic imine (C=N–C) groups is 1. The van der Waals surface area contributed by atoms with Gasteiger partial charge in [-0.3, -0.25) is 33.8 Å². The van der Waals surface area contributed by atoms with Gasteiger partial charge in [-0.1, -0.05) is 0 Å². The maximum absolute atomic E-state index is 13.9. The van der Waals surface area contributed by atoms with Crippen LogP contribution < -0.4 is 44.2 Å². The number of nitrogens with zero attached hydrogens (tertiary/aromatic N) is 2. The minimum absolute atomic E-state index is 0.0222. The van der Waals surface area contributed by atoms with Crippen LogP contribution in [0.1, 0.15) is 70.6 Å². The number of likely N-dealkylation sites (tertiary alicyclic amines) is 1. The molecule has 1 fully saturated rings. The quantitative estimate of drug-likeness (QED) is 0.0197. The van der Waals surface area contributed by atoms with Crippen LogP contribution in [0.2, 0.25) is 0 Å². The van der Waals surface area contributed by atoms with Crippen molar-refractivity contribution < 1.29 is 48.6 Å². The van der Waals surface area contributed by atoms with E-state index in [-0.39, 0.29) is 70.4 Å². The van der Waals surface area contributed by atoms with Gasteiger partial charge < -0.3 is 64.1 Å². The van der Waals surface area contributed by atoms with E-state index in [4.69, 9.17) is 22.9 Å². The monoisotopic (exact) mass is 698 g/mol. The molecular weight excluding hydrogens is 648 g/mol. The molecule has 5 unspecified atom stereocenters. The summed E-state index contributed by atoms with van der Waals surface area (Å²) in [6.45, 7) is -0.288. The van der Waals surface area contributed by atoms with E-state index in [1.807, 2.05) is 0 Å². The van der Waals surface area contributed by atoms with Crippen LogP contribution in [0, 0.1) is 0 Å². The predicted octanol–water partition coefficient (Wildman–Crippen LogP) is -4.58. The number of aliphatic carboxylic acids is 1. The topological polar surface area (TPSA) is 345 Å². The molecule has 0 aromatic carbocycles. The third-order valence-electron chi connectivity index (χ3n) is 7.60. The lowest BCUT2D eigenvalue weighted by Crippen LogP contribution is -2.59. The van der Waals surface area contributed by atoms with Crippen molar-refractivity contribution >= 4 is 53.7 Å². The van der Waals surface area contributed by atoms with E-state index >= 15 is 0 Å². The van der Waals surface area contributed by atoms with Gasteiger partial charge in [0.15, 0.2) is 5.96 Å². The maximum atomic E-state index is 13.9. The van der Waals surface area contributed by atoms with E-state index in [2.05, 4.69) is 26.3 Å². The lowest BCUT2D eigenvalue weighted by molar-refractivity contribution is -0.145. The average Bonchev–Trinajstić information content (AvgIpc) is 3.55.